The Morgan fingerprint density at radius 3 is 2.40 bits per heavy atom. The number of hydrogen-bond donors (Lipinski definition) is 0. The fourth-order valence-electron chi connectivity index (χ4n) is 1.16. The Balaban J connectivity index is -0.000000490. The van der Waals surface area contributed by atoms with E-state index in [2.05, 4.69) is 0 Å². The first-order valence-corrected chi connectivity index (χ1v) is 4.89. The first-order valence-electron chi connectivity index (χ1n) is 4.05. The van der Waals surface area contributed by atoms with E-state index in [0.29, 0.717) is 6.54 Å². The van der Waals surface area contributed by atoms with E-state index in [4.69, 9.17) is 0 Å². The summed E-state index contributed by atoms with van der Waals surface area (Å²) in [5.74, 6) is 0. The molecule has 0 bridgehead atoms. The van der Waals surface area contributed by atoms with Gasteiger partial charge in [-0.1, -0.05) is 41.9 Å². The maximum absolute atomic E-state index is 11.2. The van der Waals surface area contributed by atoms with Crippen molar-refractivity contribution >= 4 is 47.0 Å². The zero-order valence-corrected chi connectivity index (χ0v) is 11.2. The number of aromatic nitrogens is 1. The predicted molar refractivity (Wildman–Crippen MR) is 69.3 cm³/mol. The van der Waals surface area contributed by atoms with Gasteiger partial charge in [-0.3, -0.25) is 8.75 Å². The molecule has 1 heterocycles. The van der Waals surface area contributed by atoms with E-state index in [1.54, 1.807) is 10.0 Å². The van der Waals surface area contributed by atoms with Crippen LogP contribution in [-0.4, -0.2) is 27.0 Å². The van der Waals surface area contributed by atoms with Gasteiger partial charge in [0.05, 0.1) is 6.54 Å². The summed E-state index contributed by atoms with van der Waals surface area (Å²) in [7, 11) is 0. The summed E-state index contributed by atoms with van der Waals surface area (Å²) in [5, 5.41) is 1.81. The Hall–Kier alpha value is -0.294. The molecule has 0 fully saturated rings. The van der Waals surface area contributed by atoms with Crippen molar-refractivity contribution in [3.8, 4) is 0 Å². The van der Waals surface area contributed by atoms with Gasteiger partial charge in [0.2, 0.25) is 0 Å². The van der Waals surface area contributed by atoms with Gasteiger partial charge in [-0.15, -0.1) is 12.4 Å². The van der Waals surface area contributed by atoms with Crippen LogP contribution in [0.1, 0.15) is 8.42 Å². The van der Waals surface area contributed by atoms with Gasteiger partial charge >= 0.3 is 23.1 Å². The molecule has 78 valence electrons. The molecule has 0 saturated heterocycles. The molecule has 0 unspecified atom stereocenters. The van der Waals surface area contributed by atoms with Gasteiger partial charge in [-0.25, -0.2) is 0 Å². The monoisotopic (exact) mass is 253 g/mol. The fraction of sp³-hybridized carbons (Fsp3) is 0.100. The minimum atomic E-state index is 0. The van der Waals surface area contributed by atoms with Crippen LogP contribution >= 0.6 is 23.9 Å². The molecule has 2 aromatic rings. The molecule has 0 spiro atoms. The van der Waals surface area contributed by atoms with Crippen molar-refractivity contribution in [2.45, 2.75) is 6.54 Å². The Labute approximate surface area is 118 Å². The third-order valence-corrected chi connectivity index (χ3v) is 2.63. The van der Waals surface area contributed by atoms with E-state index in [-0.39, 0.29) is 43.9 Å². The topological polar surface area (TPSA) is 22.0 Å². The van der Waals surface area contributed by atoms with Crippen LogP contribution in [0.3, 0.4) is 0 Å². The molecular formula is C10H12ClMgNOS. The Bertz CT molecular complexity index is 449. The number of hydrogen-bond acceptors (Lipinski definition) is 2. The maximum atomic E-state index is 11.2. The number of nitrogens with zero attached hydrogens (tertiary/aromatic N) is 1. The van der Waals surface area contributed by atoms with E-state index in [1.165, 1.54) is 11.5 Å². The summed E-state index contributed by atoms with van der Waals surface area (Å²) in [4.78, 5) is 11.2. The largest absolute Gasteiger partial charge is 2.00 e. The van der Waals surface area contributed by atoms with Crippen LogP contribution in [0.5, 0.6) is 0 Å². The zero-order chi connectivity index (χ0) is 9.10. The van der Waals surface area contributed by atoms with E-state index < -0.39 is 0 Å². The Morgan fingerprint density at radius 1 is 1.20 bits per heavy atom. The van der Waals surface area contributed by atoms with Gasteiger partial charge < -0.3 is 2.85 Å². The molecule has 0 N–H and O–H groups in total. The van der Waals surface area contributed by atoms with Crippen molar-refractivity contribution in [1.29, 1.82) is 0 Å². The zero-order valence-electron chi connectivity index (χ0n) is 10.1. The summed E-state index contributed by atoms with van der Waals surface area (Å²) >= 11 is 1.45. The van der Waals surface area contributed by atoms with E-state index in [1.807, 2.05) is 35.7 Å². The molecule has 5 heteroatoms. The summed E-state index contributed by atoms with van der Waals surface area (Å²) in [6.07, 6.45) is 0. The minimum Gasteiger partial charge on any atom is -1.00 e. The predicted octanol–water partition coefficient (Wildman–Crippen LogP) is 2.22. The first kappa shape index (κ1) is 14.7. The smallest absolute Gasteiger partial charge is 1.00 e. The van der Waals surface area contributed by atoms with E-state index >= 15 is 0 Å². The average molecular weight is 254 g/mol. The van der Waals surface area contributed by atoms with Gasteiger partial charge in [0.1, 0.15) is 0 Å². The van der Waals surface area contributed by atoms with Crippen LogP contribution in [-0.2, 0) is 6.54 Å². The Kier molecular flexibility index (Phi) is 6.92. The molecule has 0 aliphatic rings. The van der Waals surface area contributed by atoms with Crippen LogP contribution in [0.4, 0.5) is 0 Å². The third kappa shape index (κ3) is 3.99. The normalized spacial score (nSPS) is 8.80. The summed E-state index contributed by atoms with van der Waals surface area (Å²) in [6, 6.07) is 11.6. The van der Waals surface area contributed by atoms with Crippen LogP contribution in [0.2, 0.25) is 0 Å². The van der Waals surface area contributed by atoms with Crippen LogP contribution in [0.15, 0.2) is 46.6 Å². The van der Waals surface area contributed by atoms with Crippen molar-refractivity contribution in [2.24, 2.45) is 0 Å². The van der Waals surface area contributed by atoms with Crippen molar-refractivity contribution < 1.29 is 2.85 Å². The van der Waals surface area contributed by atoms with Crippen molar-refractivity contribution in [2.75, 3.05) is 0 Å². The summed E-state index contributed by atoms with van der Waals surface area (Å²) in [6.45, 7) is 0.678. The third-order valence-electron chi connectivity index (χ3n) is 1.81. The molecule has 2 nitrogen and oxygen atoms in total. The van der Waals surface area contributed by atoms with Gasteiger partial charge in [-0.05, 0) is 5.56 Å². The minimum absolute atomic E-state index is 0. The van der Waals surface area contributed by atoms with Gasteiger partial charge in [0.25, 0.3) is 5.56 Å². The molecule has 15 heavy (non-hydrogen) atoms. The molecule has 0 radical (unpaired) electrons. The van der Waals surface area contributed by atoms with E-state index in [0.717, 1.165) is 5.56 Å². The van der Waals surface area contributed by atoms with Gasteiger partial charge in [0, 0.05) is 11.4 Å². The van der Waals surface area contributed by atoms with Crippen molar-refractivity contribution in [3.63, 3.8) is 0 Å². The molecular weight excluding hydrogens is 242 g/mol. The second-order valence-electron chi connectivity index (χ2n) is 2.77. The number of halogens is 1. The van der Waals surface area contributed by atoms with Gasteiger partial charge in [0.15, 0.2) is 0 Å². The molecule has 0 aliphatic heterocycles. The number of benzene rings is 1. The van der Waals surface area contributed by atoms with E-state index in [9.17, 15) is 4.79 Å². The first-order chi connectivity index (χ1) is 6.36. The summed E-state index contributed by atoms with van der Waals surface area (Å²) in [5.41, 5.74) is 1.24. The SMILES string of the molecule is Cl.O=c1ccsn1Cc1ccccc1.[H-].[H-].[Mg+2]. The summed E-state index contributed by atoms with van der Waals surface area (Å²) < 4.78 is 1.73. The quantitative estimate of drug-likeness (QED) is 0.753. The molecule has 0 atom stereocenters. The van der Waals surface area contributed by atoms with Crippen molar-refractivity contribution in [3.05, 3.63) is 57.7 Å². The van der Waals surface area contributed by atoms with Crippen LogP contribution < -0.4 is 5.56 Å². The molecule has 1 aromatic heterocycles. The van der Waals surface area contributed by atoms with Gasteiger partial charge in [-0.2, -0.15) is 0 Å². The second-order valence-corrected chi connectivity index (χ2v) is 3.69. The molecule has 1 aromatic carbocycles. The van der Waals surface area contributed by atoms with Crippen LogP contribution in [0, 0.1) is 0 Å². The Morgan fingerprint density at radius 2 is 1.87 bits per heavy atom. The molecule has 2 rings (SSSR count). The average Bonchev–Trinajstić information content (AvgIpc) is 2.54. The standard InChI is InChI=1S/C10H9NOS.ClH.Mg.2H/c12-10-6-7-13-11(10)8-9-4-2-1-3-5-9;;;;/h1-7H,8H2;1H;;;/q;;+2;2*-1. The second kappa shape index (κ2) is 7.06. The maximum Gasteiger partial charge on any atom is 2.00 e. The van der Waals surface area contributed by atoms with Crippen molar-refractivity contribution in [1.82, 2.24) is 3.96 Å². The molecule has 0 saturated carbocycles. The fourth-order valence-corrected chi connectivity index (χ4v) is 1.87. The molecule has 0 amide bonds. The van der Waals surface area contributed by atoms with Crippen LogP contribution in [0.25, 0.3) is 0 Å². The number of rotatable bonds is 2. The molecule has 0 aliphatic carbocycles.